The first kappa shape index (κ1) is 8.68. The summed E-state index contributed by atoms with van der Waals surface area (Å²) in [5.74, 6) is 0. The van der Waals surface area contributed by atoms with E-state index in [9.17, 15) is 0 Å². The van der Waals surface area contributed by atoms with Gasteiger partial charge in [0, 0.05) is 13.6 Å². The van der Waals surface area contributed by atoms with Crippen molar-refractivity contribution < 1.29 is 0 Å². The third-order valence-corrected chi connectivity index (χ3v) is 1.59. The Morgan fingerprint density at radius 3 is 3.08 bits per heavy atom. The first-order valence-corrected chi connectivity index (χ1v) is 3.70. The van der Waals surface area contributed by atoms with Crippen molar-refractivity contribution in [3.05, 3.63) is 11.9 Å². The van der Waals surface area contributed by atoms with Crippen LogP contribution in [0, 0.1) is 11.3 Å². The van der Waals surface area contributed by atoms with Crippen molar-refractivity contribution in [1.82, 2.24) is 20.3 Å². The van der Waals surface area contributed by atoms with E-state index in [0.29, 0.717) is 6.54 Å². The van der Waals surface area contributed by atoms with Gasteiger partial charge in [0.2, 0.25) is 0 Å². The maximum absolute atomic E-state index is 8.48. The van der Waals surface area contributed by atoms with E-state index in [1.165, 1.54) is 0 Å². The summed E-state index contributed by atoms with van der Waals surface area (Å²) in [7, 11) is 1.82. The molecular weight excluding hydrogens is 154 g/mol. The normalized spacial score (nSPS) is 12.4. The van der Waals surface area contributed by atoms with Crippen LogP contribution in [0.1, 0.15) is 12.6 Å². The molecule has 1 aromatic rings. The third kappa shape index (κ3) is 2.04. The summed E-state index contributed by atoms with van der Waals surface area (Å²) in [6.45, 7) is 2.43. The van der Waals surface area contributed by atoms with Crippen molar-refractivity contribution in [2.45, 2.75) is 19.5 Å². The van der Waals surface area contributed by atoms with Gasteiger partial charge in [-0.05, 0) is 6.92 Å². The van der Waals surface area contributed by atoms with Gasteiger partial charge < -0.3 is 0 Å². The SMILES string of the molecule is CC(C#N)NCc1cnnn1C. The second-order valence-corrected chi connectivity index (χ2v) is 2.58. The van der Waals surface area contributed by atoms with E-state index in [0.717, 1.165) is 5.69 Å². The molecule has 0 fully saturated rings. The molecule has 1 atom stereocenters. The van der Waals surface area contributed by atoms with Gasteiger partial charge in [-0.15, -0.1) is 5.10 Å². The number of hydrogen-bond donors (Lipinski definition) is 1. The zero-order valence-corrected chi connectivity index (χ0v) is 7.15. The van der Waals surface area contributed by atoms with Crippen LogP contribution in [0.3, 0.4) is 0 Å². The van der Waals surface area contributed by atoms with Gasteiger partial charge >= 0.3 is 0 Å². The highest BCUT2D eigenvalue weighted by Crippen LogP contribution is 1.92. The maximum atomic E-state index is 8.48. The molecule has 1 aromatic heterocycles. The highest BCUT2D eigenvalue weighted by atomic mass is 15.4. The number of rotatable bonds is 3. The summed E-state index contributed by atoms with van der Waals surface area (Å²) in [5.41, 5.74) is 0.970. The van der Waals surface area contributed by atoms with E-state index in [1.54, 1.807) is 10.9 Å². The zero-order chi connectivity index (χ0) is 8.97. The predicted molar refractivity (Wildman–Crippen MR) is 42.9 cm³/mol. The monoisotopic (exact) mass is 165 g/mol. The first-order valence-electron chi connectivity index (χ1n) is 3.70. The lowest BCUT2D eigenvalue weighted by Crippen LogP contribution is -2.24. The van der Waals surface area contributed by atoms with Crippen LogP contribution >= 0.6 is 0 Å². The molecule has 0 aliphatic heterocycles. The van der Waals surface area contributed by atoms with Crippen LogP contribution in [0.2, 0.25) is 0 Å². The molecule has 1 rings (SSSR count). The molecule has 0 aliphatic rings. The van der Waals surface area contributed by atoms with Crippen LogP contribution < -0.4 is 5.32 Å². The molecule has 1 N–H and O–H groups in total. The Morgan fingerprint density at radius 1 is 1.83 bits per heavy atom. The molecule has 12 heavy (non-hydrogen) atoms. The second kappa shape index (κ2) is 3.83. The summed E-state index contributed by atoms with van der Waals surface area (Å²) in [6, 6.07) is 1.95. The second-order valence-electron chi connectivity index (χ2n) is 2.58. The fourth-order valence-electron chi connectivity index (χ4n) is 0.774. The molecule has 0 aromatic carbocycles. The summed E-state index contributed by atoms with van der Waals surface area (Å²) < 4.78 is 1.68. The predicted octanol–water partition coefficient (Wildman–Crippen LogP) is -0.183. The summed E-state index contributed by atoms with van der Waals surface area (Å²) in [5, 5.41) is 19.0. The van der Waals surface area contributed by atoms with Gasteiger partial charge in [-0.25, -0.2) is 0 Å². The summed E-state index contributed by atoms with van der Waals surface area (Å²) in [6.07, 6.45) is 1.68. The van der Waals surface area contributed by atoms with Crippen LogP contribution in [0.15, 0.2) is 6.20 Å². The maximum Gasteiger partial charge on any atom is 0.0927 e. The lowest BCUT2D eigenvalue weighted by Gasteiger charge is -2.04. The number of hydrogen-bond acceptors (Lipinski definition) is 4. The Kier molecular flexibility index (Phi) is 2.77. The highest BCUT2D eigenvalue weighted by molar-refractivity contribution is 4.95. The summed E-state index contributed by atoms with van der Waals surface area (Å²) in [4.78, 5) is 0. The van der Waals surface area contributed by atoms with Gasteiger partial charge in [-0.3, -0.25) is 10.00 Å². The van der Waals surface area contributed by atoms with Gasteiger partial charge in [0.05, 0.1) is 24.0 Å². The van der Waals surface area contributed by atoms with Crippen LogP contribution in [0.25, 0.3) is 0 Å². The van der Waals surface area contributed by atoms with Crippen molar-refractivity contribution >= 4 is 0 Å². The van der Waals surface area contributed by atoms with E-state index < -0.39 is 0 Å². The fourth-order valence-corrected chi connectivity index (χ4v) is 0.774. The summed E-state index contributed by atoms with van der Waals surface area (Å²) >= 11 is 0. The number of nitrogens with zero attached hydrogens (tertiary/aromatic N) is 4. The molecule has 0 amide bonds. The van der Waals surface area contributed by atoms with Crippen LogP contribution in [-0.4, -0.2) is 21.0 Å². The molecule has 5 nitrogen and oxygen atoms in total. The van der Waals surface area contributed by atoms with Gasteiger partial charge in [-0.1, -0.05) is 5.21 Å². The standard InChI is InChI=1S/C7H11N5/c1-6(3-8)9-4-7-5-10-11-12(7)2/h5-6,9H,4H2,1-2H3. The molecule has 1 heterocycles. The molecule has 0 saturated heterocycles. The number of nitrogens with one attached hydrogen (secondary N) is 1. The topological polar surface area (TPSA) is 66.5 Å². The smallest absolute Gasteiger partial charge is 0.0927 e. The largest absolute Gasteiger partial charge is 0.296 e. The Bertz CT molecular complexity index is 284. The molecule has 0 spiro atoms. The lowest BCUT2D eigenvalue weighted by molar-refractivity contribution is 0.592. The fraction of sp³-hybridized carbons (Fsp3) is 0.571. The van der Waals surface area contributed by atoms with E-state index in [-0.39, 0.29) is 6.04 Å². The van der Waals surface area contributed by atoms with Crippen molar-refractivity contribution in [1.29, 1.82) is 5.26 Å². The van der Waals surface area contributed by atoms with E-state index in [1.807, 2.05) is 14.0 Å². The minimum atomic E-state index is -0.139. The quantitative estimate of drug-likeness (QED) is 0.674. The van der Waals surface area contributed by atoms with E-state index in [2.05, 4.69) is 21.7 Å². The minimum Gasteiger partial charge on any atom is -0.296 e. The van der Waals surface area contributed by atoms with Gasteiger partial charge in [0.15, 0.2) is 0 Å². The minimum absolute atomic E-state index is 0.139. The van der Waals surface area contributed by atoms with Crippen LogP contribution in [-0.2, 0) is 13.6 Å². The Morgan fingerprint density at radius 2 is 2.58 bits per heavy atom. The molecule has 0 radical (unpaired) electrons. The Balaban J connectivity index is 2.44. The Labute approximate surface area is 71.0 Å². The first-order chi connectivity index (χ1) is 5.74. The van der Waals surface area contributed by atoms with Crippen molar-refractivity contribution in [2.24, 2.45) is 7.05 Å². The molecule has 1 unspecified atom stereocenters. The van der Waals surface area contributed by atoms with Gasteiger partial charge in [0.25, 0.3) is 0 Å². The van der Waals surface area contributed by atoms with Gasteiger partial charge in [-0.2, -0.15) is 5.26 Å². The number of aromatic nitrogens is 3. The van der Waals surface area contributed by atoms with Crippen molar-refractivity contribution in [2.75, 3.05) is 0 Å². The molecule has 0 aliphatic carbocycles. The number of nitriles is 1. The van der Waals surface area contributed by atoms with Crippen LogP contribution in [0.4, 0.5) is 0 Å². The number of aryl methyl sites for hydroxylation is 1. The Hall–Kier alpha value is -1.41. The highest BCUT2D eigenvalue weighted by Gasteiger charge is 2.01. The van der Waals surface area contributed by atoms with Crippen molar-refractivity contribution in [3.63, 3.8) is 0 Å². The zero-order valence-electron chi connectivity index (χ0n) is 7.15. The molecular formula is C7H11N5. The molecule has 0 bridgehead atoms. The molecule has 0 saturated carbocycles. The van der Waals surface area contributed by atoms with Crippen LogP contribution in [0.5, 0.6) is 0 Å². The third-order valence-electron chi connectivity index (χ3n) is 1.59. The van der Waals surface area contributed by atoms with Crippen molar-refractivity contribution in [3.8, 4) is 6.07 Å². The average molecular weight is 165 g/mol. The average Bonchev–Trinajstić information content (AvgIpc) is 2.47. The van der Waals surface area contributed by atoms with E-state index in [4.69, 9.17) is 5.26 Å². The van der Waals surface area contributed by atoms with E-state index >= 15 is 0 Å². The lowest BCUT2D eigenvalue weighted by atomic mass is 10.3. The molecule has 5 heteroatoms. The van der Waals surface area contributed by atoms with Gasteiger partial charge in [0.1, 0.15) is 0 Å². The molecule has 64 valence electrons.